The second kappa shape index (κ2) is 7.85. The van der Waals surface area contributed by atoms with Crippen molar-refractivity contribution < 1.29 is 24.2 Å². The van der Waals surface area contributed by atoms with Gasteiger partial charge < -0.3 is 19.9 Å². The Labute approximate surface area is 136 Å². The van der Waals surface area contributed by atoms with Crippen LogP contribution in [0.2, 0.25) is 0 Å². The molecule has 23 heavy (non-hydrogen) atoms. The molecule has 0 aliphatic rings. The zero-order valence-corrected chi connectivity index (χ0v) is 14.3. The van der Waals surface area contributed by atoms with Crippen LogP contribution in [0.4, 0.5) is 0 Å². The van der Waals surface area contributed by atoms with E-state index in [4.69, 9.17) is 14.6 Å². The molecule has 128 valence electrons. The summed E-state index contributed by atoms with van der Waals surface area (Å²) in [5.41, 5.74) is -0.125. The summed E-state index contributed by atoms with van der Waals surface area (Å²) in [5, 5.41) is 11.9. The molecule has 2 N–H and O–H groups in total. The number of amides is 1. The number of nitrogens with one attached hydrogen (secondary N) is 1. The Kier molecular flexibility index (Phi) is 6.42. The number of carbonyl (C=O) groups excluding carboxylic acids is 1. The quantitative estimate of drug-likeness (QED) is 0.766. The predicted octanol–water partition coefficient (Wildman–Crippen LogP) is 2.25. The Hall–Kier alpha value is -2.24. The minimum Gasteiger partial charge on any atom is -0.497 e. The summed E-state index contributed by atoms with van der Waals surface area (Å²) in [5.74, 6) is 0.000380. The predicted molar refractivity (Wildman–Crippen MR) is 86.9 cm³/mol. The van der Waals surface area contributed by atoms with Crippen LogP contribution in [0.25, 0.3) is 0 Å². The van der Waals surface area contributed by atoms with Gasteiger partial charge in [0, 0.05) is 11.1 Å². The smallest absolute Gasteiger partial charge is 0.305 e. The number of carbonyl (C=O) groups is 2. The van der Waals surface area contributed by atoms with Crippen molar-refractivity contribution in [3.63, 3.8) is 0 Å². The van der Waals surface area contributed by atoms with Crippen molar-refractivity contribution in [2.45, 2.75) is 39.2 Å². The van der Waals surface area contributed by atoms with Gasteiger partial charge in [0.25, 0.3) is 0 Å². The Bertz CT molecular complexity index is 570. The van der Waals surface area contributed by atoms with E-state index in [0.717, 1.165) is 0 Å². The molecule has 1 aromatic rings. The first-order valence-electron chi connectivity index (χ1n) is 7.45. The zero-order chi connectivity index (χ0) is 17.6. The monoisotopic (exact) mass is 323 g/mol. The molecule has 1 unspecified atom stereocenters. The molecule has 6 nitrogen and oxygen atoms in total. The third kappa shape index (κ3) is 5.16. The first-order valence-corrected chi connectivity index (χ1v) is 7.45. The lowest BCUT2D eigenvalue weighted by Gasteiger charge is -2.33. The number of hydrogen-bond donors (Lipinski definition) is 2. The fourth-order valence-corrected chi connectivity index (χ4v) is 2.26. The van der Waals surface area contributed by atoms with E-state index < -0.39 is 11.5 Å². The summed E-state index contributed by atoms with van der Waals surface area (Å²) in [6.45, 7) is 5.51. The summed E-state index contributed by atoms with van der Waals surface area (Å²) >= 11 is 0. The average molecular weight is 323 g/mol. The van der Waals surface area contributed by atoms with Crippen molar-refractivity contribution in [3.05, 3.63) is 23.8 Å². The molecule has 0 saturated carbocycles. The largest absolute Gasteiger partial charge is 0.497 e. The van der Waals surface area contributed by atoms with Gasteiger partial charge in [-0.2, -0.15) is 0 Å². The van der Waals surface area contributed by atoms with Crippen molar-refractivity contribution in [3.8, 4) is 11.5 Å². The summed E-state index contributed by atoms with van der Waals surface area (Å²) < 4.78 is 10.4. The van der Waals surface area contributed by atoms with Crippen LogP contribution in [0.15, 0.2) is 18.2 Å². The number of ether oxygens (including phenoxy) is 2. The lowest BCUT2D eigenvalue weighted by molar-refractivity contribution is -0.139. The van der Waals surface area contributed by atoms with Crippen LogP contribution < -0.4 is 14.8 Å². The number of carboxylic acid groups (broad SMARTS) is 1. The van der Waals surface area contributed by atoms with Gasteiger partial charge in [0.15, 0.2) is 0 Å². The fourth-order valence-electron chi connectivity index (χ4n) is 2.26. The number of aliphatic carboxylic acids is 1. The zero-order valence-electron chi connectivity index (χ0n) is 14.3. The highest BCUT2D eigenvalue weighted by Crippen LogP contribution is 2.25. The molecule has 1 atom stereocenters. The Morgan fingerprint density at radius 3 is 2.39 bits per heavy atom. The first-order chi connectivity index (χ1) is 10.7. The molecular formula is C17H25NO5. The van der Waals surface area contributed by atoms with Crippen molar-refractivity contribution in [2.75, 3.05) is 14.2 Å². The number of carboxylic acids is 1. The molecule has 1 amide bonds. The van der Waals surface area contributed by atoms with Crippen LogP contribution in [0.5, 0.6) is 11.5 Å². The number of benzene rings is 1. The number of methoxy groups -OCH3 is 2. The van der Waals surface area contributed by atoms with E-state index >= 15 is 0 Å². The first kappa shape index (κ1) is 18.8. The topological polar surface area (TPSA) is 84.9 Å². The highest BCUT2D eigenvalue weighted by atomic mass is 16.5. The molecule has 0 saturated heterocycles. The summed E-state index contributed by atoms with van der Waals surface area (Å²) in [7, 11) is 3.08. The SMILES string of the molecule is COc1ccc(OC)c(CC(=O)NC(C)(CC(=O)O)C(C)C)c1. The lowest BCUT2D eigenvalue weighted by atomic mass is 9.85. The van der Waals surface area contributed by atoms with Crippen molar-refractivity contribution in [2.24, 2.45) is 5.92 Å². The third-order valence-corrected chi connectivity index (χ3v) is 4.06. The highest BCUT2D eigenvalue weighted by molar-refractivity contribution is 5.81. The van der Waals surface area contributed by atoms with Gasteiger partial charge in [0.05, 0.1) is 27.1 Å². The Morgan fingerprint density at radius 1 is 1.26 bits per heavy atom. The molecule has 1 aromatic carbocycles. The van der Waals surface area contributed by atoms with Gasteiger partial charge in [-0.1, -0.05) is 13.8 Å². The number of hydrogen-bond acceptors (Lipinski definition) is 4. The summed E-state index contributed by atoms with van der Waals surface area (Å²) in [6, 6.07) is 5.23. The maximum atomic E-state index is 12.4. The minimum atomic E-state index is -0.944. The average Bonchev–Trinajstić information content (AvgIpc) is 2.45. The van der Waals surface area contributed by atoms with E-state index in [1.54, 1.807) is 32.2 Å². The molecule has 0 radical (unpaired) electrons. The normalized spacial score (nSPS) is 13.3. The lowest BCUT2D eigenvalue weighted by Crippen LogP contribution is -2.51. The van der Waals surface area contributed by atoms with Gasteiger partial charge in [-0.05, 0) is 31.0 Å². The van der Waals surface area contributed by atoms with E-state index in [2.05, 4.69) is 5.32 Å². The Balaban J connectivity index is 2.92. The van der Waals surface area contributed by atoms with Crippen LogP contribution in [-0.4, -0.2) is 36.7 Å². The molecule has 0 aliphatic carbocycles. The molecule has 6 heteroatoms. The maximum Gasteiger partial charge on any atom is 0.305 e. The van der Waals surface area contributed by atoms with Crippen LogP contribution in [0.1, 0.15) is 32.8 Å². The van der Waals surface area contributed by atoms with Gasteiger partial charge in [-0.25, -0.2) is 0 Å². The highest BCUT2D eigenvalue weighted by Gasteiger charge is 2.32. The molecule has 0 bridgehead atoms. The van der Waals surface area contributed by atoms with Gasteiger partial charge in [0.1, 0.15) is 11.5 Å². The van der Waals surface area contributed by atoms with Gasteiger partial charge in [-0.15, -0.1) is 0 Å². The second-order valence-corrected chi connectivity index (χ2v) is 6.05. The minimum absolute atomic E-state index is 0.0187. The standard InChI is InChI=1S/C17H25NO5/c1-11(2)17(3,10-16(20)21)18-15(19)9-12-8-13(22-4)6-7-14(12)23-5/h6-8,11H,9-10H2,1-5H3,(H,18,19)(H,20,21). The molecule has 0 aromatic heterocycles. The second-order valence-electron chi connectivity index (χ2n) is 6.05. The van der Waals surface area contributed by atoms with Crippen molar-refractivity contribution >= 4 is 11.9 Å². The third-order valence-electron chi connectivity index (χ3n) is 4.06. The maximum absolute atomic E-state index is 12.4. The van der Waals surface area contributed by atoms with Crippen LogP contribution in [0.3, 0.4) is 0 Å². The van der Waals surface area contributed by atoms with Crippen molar-refractivity contribution in [1.82, 2.24) is 5.32 Å². The fraction of sp³-hybridized carbons (Fsp3) is 0.529. The van der Waals surface area contributed by atoms with Crippen LogP contribution >= 0.6 is 0 Å². The van der Waals surface area contributed by atoms with Gasteiger partial charge in [0.2, 0.25) is 5.91 Å². The molecule has 1 rings (SSSR count). The van der Waals surface area contributed by atoms with Gasteiger partial charge >= 0.3 is 5.97 Å². The van der Waals surface area contributed by atoms with E-state index in [1.807, 2.05) is 13.8 Å². The van der Waals surface area contributed by atoms with Crippen molar-refractivity contribution in [1.29, 1.82) is 0 Å². The molecule has 0 fully saturated rings. The van der Waals surface area contributed by atoms with Gasteiger partial charge in [-0.3, -0.25) is 9.59 Å². The summed E-state index contributed by atoms with van der Waals surface area (Å²) in [6.07, 6.45) is -0.0477. The molecule has 0 aliphatic heterocycles. The molecular weight excluding hydrogens is 298 g/mol. The summed E-state index contributed by atoms with van der Waals surface area (Å²) in [4.78, 5) is 23.4. The van der Waals surface area contributed by atoms with E-state index in [9.17, 15) is 9.59 Å². The molecule has 0 spiro atoms. The van der Waals surface area contributed by atoms with E-state index in [-0.39, 0.29) is 24.7 Å². The van der Waals surface area contributed by atoms with E-state index in [0.29, 0.717) is 17.1 Å². The van der Waals surface area contributed by atoms with E-state index in [1.165, 1.54) is 7.11 Å². The van der Waals surface area contributed by atoms with Crippen LogP contribution in [0, 0.1) is 5.92 Å². The number of rotatable bonds is 8. The Morgan fingerprint density at radius 2 is 1.91 bits per heavy atom. The van der Waals surface area contributed by atoms with Crippen LogP contribution in [-0.2, 0) is 16.0 Å². The molecule has 0 heterocycles.